The second kappa shape index (κ2) is 7.97. The maximum atomic E-state index is 5.93. The Labute approximate surface area is 129 Å². The quantitative estimate of drug-likeness (QED) is 0.798. The maximum absolute atomic E-state index is 5.93. The number of likely N-dealkylation sites (N-methyl/N-ethyl adjacent to an activating group) is 1. The highest BCUT2D eigenvalue weighted by atomic mass is 16.3. The predicted molar refractivity (Wildman–Crippen MR) is 87.3 cm³/mol. The van der Waals surface area contributed by atoms with Crippen molar-refractivity contribution in [2.45, 2.75) is 59.3 Å². The molecule has 0 radical (unpaired) electrons. The summed E-state index contributed by atoms with van der Waals surface area (Å²) in [5.41, 5.74) is 0. The molecule has 1 saturated heterocycles. The Morgan fingerprint density at radius 1 is 1.29 bits per heavy atom. The Balaban J connectivity index is 1.80. The summed E-state index contributed by atoms with van der Waals surface area (Å²) in [5, 5.41) is 3.39. The van der Waals surface area contributed by atoms with E-state index in [-0.39, 0.29) is 0 Å². The van der Waals surface area contributed by atoms with Gasteiger partial charge in [0.05, 0.1) is 13.1 Å². The van der Waals surface area contributed by atoms with E-state index < -0.39 is 0 Å². The zero-order valence-electron chi connectivity index (χ0n) is 14.1. The first-order valence-electron chi connectivity index (χ1n) is 8.39. The number of nitrogens with one attached hydrogen (secondary N) is 1. The summed E-state index contributed by atoms with van der Waals surface area (Å²) in [5.74, 6) is 2.13. The van der Waals surface area contributed by atoms with E-state index >= 15 is 0 Å². The number of hydrogen-bond acceptors (Lipinski definition) is 4. The molecule has 1 aromatic heterocycles. The minimum absolute atomic E-state index is 0.493. The van der Waals surface area contributed by atoms with Crippen molar-refractivity contribution in [3.63, 3.8) is 0 Å². The Bertz CT molecular complexity index is 412. The molecule has 21 heavy (non-hydrogen) atoms. The van der Waals surface area contributed by atoms with E-state index in [1.165, 1.54) is 19.5 Å². The second-order valence-electron chi connectivity index (χ2n) is 6.30. The Morgan fingerprint density at radius 2 is 2.00 bits per heavy atom. The molecule has 0 spiro atoms. The number of furan rings is 1. The number of nitrogens with zero attached hydrogens (tertiary/aromatic N) is 2. The molecule has 1 unspecified atom stereocenters. The van der Waals surface area contributed by atoms with Crippen LogP contribution in [0.5, 0.6) is 0 Å². The van der Waals surface area contributed by atoms with E-state index in [4.69, 9.17) is 4.42 Å². The molecule has 1 fully saturated rings. The van der Waals surface area contributed by atoms with Gasteiger partial charge in [-0.2, -0.15) is 0 Å². The van der Waals surface area contributed by atoms with Gasteiger partial charge in [-0.05, 0) is 31.6 Å². The number of hydrogen-bond donors (Lipinski definition) is 1. The molecule has 0 saturated carbocycles. The second-order valence-corrected chi connectivity index (χ2v) is 6.30. The predicted octanol–water partition coefficient (Wildman–Crippen LogP) is 2.69. The van der Waals surface area contributed by atoms with Gasteiger partial charge in [-0.3, -0.25) is 9.80 Å². The SMILES string of the molecule is CCN(CC)C1CCN(Cc2ccc(CNC(C)C)o2)C1. The van der Waals surface area contributed by atoms with Gasteiger partial charge in [0.25, 0.3) is 0 Å². The summed E-state index contributed by atoms with van der Waals surface area (Å²) in [7, 11) is 0. The van der Waals surface area contributed by atoms with Crippen molar-refractivity contribution in [2.75, 3.05) is 26.2 Å². The van der Waals surface area contributed by atoms with Crippen molar-refractivity contribution in [1.82, 2.24) is 15.1 Å². The lowest BCUT2D eigenvalue weighted by Gasteiger charge is -2.26. The smallest absolute Gasteiger partial charge is 0.118 e. The Morgan fingerprint density at radius 3 is 2.67 bits per heavy atom. The topological polar surface area (TPSA) is 31.6 Å². The third kappa shape index (κ3) is 4.83. The van der Waals surface area contributed by atoms with Gasteiger partial charge < -0.3 is 9.73 Å². The van der Waals surface area contributed by atoms with E-state index in [1.54, 1.807) is 0 Å². The first-order valence-corrected chi connectivity index (χ1v) is 8.39. The highest BCUT2D eigenvalue weighted by Crippen LogP contribution is 2.19. The van der Waals surface area contributed by atoms with Crippen LogP contribution in [0.2, 0.25) is 0 Å². The number of rotatable bonds is 8. The highest BCUT2D eigenvalue weighted by Gasteiger charge is 2.26. The van der Waals surface area contributed by atoms with Crippen LogP contribution in [0, 0.1) is 0 Å². The highest BCUT2D eigenvalue weighted by molar-refractivity contribution is 5.07. The zero-order chi connectivity index (χ0) is 15.2. The van der Waals surface area contributed by atoms with E-state index in [2.05, 4.69) is 54.9 Å². The molecule has 4 nitrogen and oxygen atoms in total. The van der Waals surface area contributed by atoms with Gasteiger partial charge in [0.2, 0.25) is 0 Å². The molecule has 1 aliphatic heterocycles. The zero-order valence-corrected chi connectivity index (χ0v) is 14.1. The molecule has 0 aliphatic carbocycles. The fourth-order valence-electron chi connectivity index (χ4n) is 3.12. The lowest BCUT2D eigenvalue weighted by molar-refractivity contribution is 0.204. The Hall–Kier alpha value is -0.840. The summed E-state index contributed by atoms with van der Waals surface area (Å²) in [6, 6.07) is 5.44. The first-order chi connectivity index (χ1) is 10.1. The van der Waals surface area contributed by atoms with Crippen molar-refractivity contribution in [1.29, 1.82) is 0 Å². The van der Waals surface area contributed by atoms with E-state index in [9.17, 15) is 0 Å². The molecular formula is C17H31N3O. The lowest BCUT2D eigenvalue weighted by atomic mass is 10.2. The van der Waals surface area contributed by atoms with Crippen LogP contribution in [0.25, 0.3) is 0 Å². The average Bonchev–Trinajstić information content (AvgIpc) is 3.08. The minimum Gasteiger partial charge on any atom is -0.463 e. The third-order valence-corrected chi connectivity index (χ3v) is 4.36. The largest absolute Gasteiger partial charge is 0.463 e. The number of likely N-dealkylation sites (tertiary alicyclic amines) is 1. The summed E-state index contributed by atoms with van der Waals surface area (Å²) < 4.78 is 5.93. The van der Waals surface area contributed by atoms with Crippen LogP contribution in [-0.2, 0) is 13.1 Å². The molecule has 4 heteroatoms. The molecule has 2 heterocycles. The van der Waals surface area contributed by atoms with E-state index in [1.807, 2.05) is 0 Å². The molecule has 1 aliphatic rings. The first kappa shape index (κ1) is 16.5. The van der Waals surface area contributed by atoms with E-state index in [0.29, 0.717) is 6.04 Å². The molecule has 0 bridgehead atoms. The summed E-state index contributed by atoms with van der Waals surface area (Å²) in [6.45, 7) is 15.2. The fraction of sp³-hybridized carbons (Fsp3) is 0.765. The van der Waals surface area contributed by atoms with Crippen molar-refractivity contribution in [3.05, 3.63) is 23.7 Å². The molecular weight excluding hydrogens is 262 g/mol. The molecule has 1 atom stereocenters. The van der Waals surface area contributed by atoms with Crippen LogP contribution in [0.4, 0.5) is 0 Å². The Kier molecular flexibility index (Phi) is 6.27. The molecule has 120 valence electrons. The van der Waals surface area contributed by atoms with Gasteiger partial charge in [-0.25, -0.2) is 0 Å². The van der Waals surface area contributed by atoms with Gasteiger partial charge in [-0.1, -0.05) is 27.7 Å². The third-order valence-electron chi connectivity index (χ3n) is 4.36. The maximum Gasteiger partial charge on any atom is 0.118 e. The van der Waals surface area contributed by atoms with Crippen molar-refractivity contribution < 1.29 is 4.42 Å². The van der Waals surface area contributed by atoms with Gasteiger partial charge in [0.15, 0.2) is 0 Å². The van der Waals surface area contributed by atoms with Crippen molar-refractivity contribution >= 4 is 0 Å². The lowest BCUT2D eigenvalue weighted by Crippen LogP contribution is -2.37. The molecule has 0 amide bonds. The normalized spacial score (nSPS) is 20.0. The van der Waals surface area contributed by atoms with Crippen LogP contribution < -0.4 is 5.32 Å². The monoisotopic (exact) mass is 293 g/mol. The fourth-order valence-corrected chi connectivity index (χ4v) is 3.12. The standard InChI is InChI=1S/C17H31N3O/c1-5-20(6-2)15-9-10-19(12-15)13-17-8-7-16(21-17)11-18-14(3)4/h7-8,14-15,18H,5-6,9-13H2,1-4H3. The summed E-state index contributed by atoms with van der Waals surface area (Å²) in [6.07, 6.45) is 1.28. The molecule has 1 N–H and O–H groups in total. The van der Waals surface area contributed by atoms with Gasteiger partial charge in [-0.15, -0.1) is 0 Å². The molecule has 0 aromatic carbocycles. The van der Waals surface area contributed by atoms with Crippen LogP contribution >= 0.6 is 0 Å². The minimum atomic E-state index is 0.493. The average molecular weight is 293 g/mol. The summed E-state index contributed by atoms with van der Waals surface area (Å²) >= 11 is 0. The van der Waals surface area contributed by atoms with Gasteiger partial charge >= 0.3 is 0 Å². The van der Waals surface area contributed by atoms with E-state index in [0.717, 1.165) is 43.7 Å². The summed E-state index contributed by atoms with van der Waals surface area (Å²) in [4.78, 5) is 5.08. The van der Waals surface area contributed by atoms with Crippen LogP contribution in [0.1, 0.15) is 45.6 Å². The van der Waals surface area contributed by atoms with Gasteiger partial charge in [0.1, 0.15) is 11.5 Å². The molecule has 2 rings (SSSR count). The van der Waals surface area contributed by atoms with Gasteiger partial charge in [0, 0.05) is 25.2 Å². The van der Waals surface area contributed by atoms with Crippen LogP contribution in [0.15, 0.2) is 16.5 Å². The van der Waals surface area contributed by atoms with Crippen LogP contribution in [0.3, 0.4) is 0 Å². The van der Waals surface area contributed by atoms with Crippen molar-refractivity contribution in [3.8, 4) is 0 Å². The molecule has 1 aromatic rings. The van der Waals surface area contributed by atoms with Crippen molar-refractivity contribution in [2.24, 2.45) is 0 Å². The van der Waals surface area contributed by atoms with Crippen LogP contribution in [-0.4, -0.2) is 48.1 Å².